The number of nitrogens with zero attached hydrogens (tertiary/aromatic N) is 3. The van der Waals surface area contributed by atoms with Gasteiger partial charge in [0, 0.05) is 11.4 Å². The number of hydrogen-bond donors (Lipinski definition) is 2. The molecule has 1 amide bonds. The molecule has 0 saturated carbocycles. The fourth-order valence-corrected chi connectivity index (χ4v) is 3.68. The number of nitrogens with one attached hydrogen (secondary N) is 2. The first kappa shape index (κ1) is 19.4. The van der Waals surface area contributed by atoms with Gasteiger partial charge >= 0.3 is 5.97 Å². The molecule has 9 heteroatoms. The molecule has 0 bridgehead atoms. The summed E-state index contributed by atoms with van der Waals surface area (Å²) in [5.74, 6) is 0.424. The van der Waals surface area contributed by atoms with Gasteiger partial charge in [0.15, 0.2) is 5.69 Å². The van der Waals surface area contributed by atoms with Crippen LogP contribution in [0.5, 0.6) is 0 Å². The van der Waals surface area contributed by atoms with Gasteiger partial charge in [0.05, 0.1) is 25.1 Å². The number of anilines is 1. The molecule has 0 spiro atoms. The lowest BCUT2D eigenvalue weighted by molar-refractivity contribution is -0.137. The van der Waals surface area contributed by atoms with Gasteiger partial charge in [-0.2, -0.15) is 0 Å². The van der Waals surface area contributed by atoms with Gasteiger partial charge in [-0.1, -0.05) is 17.3 Å². The highest BCUT2D eigenvalue weighted by molar-refractivity contribution is 7.99. The van der Waals surface area contributed by atoms with Gasteiger partial charge in [0.2, 0.25) is 0 Å². The van der Waals surface area contributed by atoms with E-state index in [1.807, 2.05) is 24.3 Å². The number of amides is 1. The third-order valence-electron chi connectivity index (χ3n) is 4.33. The van der Waals surface area contributed by atoms with E-state index in [-0.39, 0.29) is 17.9 Å². The second-order valence-electron chi connectivity index (χ2n) is 6.29. The maximum atomic E-state index is 12.5. The van der Waals surface area contributed by atoms with Crippen LogP contribution in [0.3, 0.4) is 0 Å². The number of benzene rings is 1. The summed E-state index contributed by atoms with van der Waals surface area (Å²) >= 11 is 1.46. The minimum absolute atomic E-state index is 0.249. The van der Waals surface area contributed by atoms with Crippen LogP contribution >= 0.6 is 11.8 Å². The zero-order chi connectivity index (χ0) is 19.1. The molecule has 3 rings (SSSR count). The van der Waals surface area contributed by atoms with Crippen LogP contribution < -0.4 is 10.6 Å². The number of hydrogen-bond acceptors (Lipinski definition) is 7. The maximum absolute atomic E-state index is 12.5. The molecular weight excluding hydrogens is 366 g/mol. The molecule has 0 radical (unpaired) electrons. The number of piperidine rings is 1. The Morgan fingerprint density at radius 2 is 2.19 bits per heavy atom. The van der Waals surface area contributed by atoms with E-state index < -0.39 is 0 Å². The van der Waals surface area contributed by atoms with Crippen molar-refractivity contribution in [1.29, 1.82) is 0 Å². The number of esters is 1. The van der Waals surface area contributed by atoms with Gasteiger partial charge in [-0.3, -0.25) is 9.59 Å². The van der Waals surface area contributed by atoms with E-state index >= 15 is 0 Å². The highest BCUT2D eigenvalue weighted by atomic mass is 32.2. The Labute approximate surface area is 162 Å². The fraction of sp³-hybridized carbons (Fsp3) is 0.444. The van der Waals surface area contributed by atoms with E-state index in [0.717, 1.165) is 31.5 Å². The molecule has 8 nitrogen and oxygen atoms in total. The molecular formula is C18H23N5O3S. The average molecular weight is 389 g/mol. The minimum atomic E-state index is -0.283. The summed E-state index contributed by atoms with van der Waals surface area (Å²) in [5, 5.41) is 14.3. The van der Waals surface area contributed by atoms with Crippen LogP contribution in [0.15, 0.2) is 30.5 Å². The van der Waals surface area contributed by atoms with Crippen LogP contribution in [0.1, 0.15) is 34.9 Å². The summed E-state index contributed by atoms with van der Waals surface area (Å²) in [7, 11) is 1.38. The molecule has 1 saturated heterocycles. The molecule has 1 aromatic carbocycles. The molecule has 1 aliphatic rings. The number of ether oxygens (including phenoxy) is 1. The Kier molecular flexibility index (Phi) is 6.83. The first-order chi connectivity index (χ1) is 13.2. The monoisotopic (exact) mass is 389 g/mol. The van der Waals surface area contributed by atoms with Gasteiger partial charge in [-0.25, -0.2) is 4.68 Å². The van der Waals surface area contributed by atoms with Crippen molar-refractivity contribution in [2.75, 3.05) is 31.3 Å². The van der Waals surface area contributed by atoms with E-state index in [2.05, 4.69) is 25.7 Å². The molecule has 2 aromatic rings. The predicted octanol–water partition coefficient (Wildman–Crippen LogP) is 1.86. The Morgan fingerprint density at radius 3 is 2.96 bits per heavy atom. The van der Waals surface area contributed by atoms with Gasteiger partial charge in [0.25, 0.3) is 5.91 Å². The maximum Gasteiger partial charge on any atom is 0.315 e. The standard InChI is InChI=1S/C18H23N5O3S/c1-26-17(24)12-27-11-13-3-2-4-14(9-13)20-18(25)16-10-23(22-21-16)15-5-7-19-8-6-15/h2-4,9-10,15,19H,5-8,11-12H2,1H3,(H,20,25). The molecule has 27 heavy (non-hydrogen) atoms. The first-order valence-corrected chi connectivity index (χ1v) is 9.98. The molecule has 144 valence electrons. The van der Waals surface area contributed by atoms with Crippen molar-refractivity contribution >= 4 is 29.3 Å². The average Bonchev–Trinajstić information content (AvgIpc) is 3.19. The van der Waals surface area contributed by atoms with Crippen molar-refractivity contribution in [3.63, 3.8) is 0 Å². The molecule has 0 atom stereocenters. The summed E-state index contributed by atoms with van der Waals surface area (Å²) in [6, 6.07) is 7.82. The van der Waals surface area contributed by atoms with Crippen LogP contribution in [-0.2, 0) is 15.3 Å². The Balaban J connectivity index is 1.56. The highest BCUT2D eigenvalue weighted by Crippen LogP contribution is 2.19. The number of methoxy groups -OCH3 is 1. The number of carbonyl (C=O) groups is 2. The van der Waals surface area contributed by atoms with E-state index in [1.54, 1.807) is 10.9 Å². The second-order valence-corrected chi connectivity index (χ2v) is 7.27. The highest BCUT2D eigenvalue weighted by Gasteiger charge is 2.18. The smallest absolute Gasteiger partial charge is 0.315 e. The summed E-state index contributed by atoms with van der Waals surface area (Å²) in [5.41, 5.74) is 2.01. The quantitative estimate of drug-likeness (QED) is 0.698. The number of carbonyl (C=O) groups excluding carboxylic acids is 2. The van der Waals surface area contributed by atoms with Crippen molar-refractivity contribution in [1.82, 2.24) is 20.3 Å². The molecule has 1 aromatic heterocycles. The Morgan fingerprint density at radius 1 is 1.37 bits per heavy atom. The Hall–Kier alpha value is -2.39. The van der Waals surface area contributed by atoms with Crippen molar-refractivity contribution in [2.45, 2.75) is 24.6 Å². The summed E-state index contributed by atoms with van der Waals surface area (Å²) in [6.45, 7) is 1.90. The van der Waals surface area contributed by atoms with Gasteiger partial charge in [0.1, 0.15) is 0 Å². The topological polar surface area (TPSA) is 98.1 Å². The first-order valence-electron chi connectivity index (χ1n) is 8.83. The van der Waals surface area contributed by atoms with E-state index in [0.29, 0.717) is 22.9 Å². The lowest BCUT2D eigenvalue weighted by Gasteiger charge is -2.22. The van der Waals surface area contributed by atoms with Gasteiger partial charge in [-0.05, 0) is 43.6 Å². The van der Waals surface area contributed by atoms with E-state index in [9.17, 15) is 9.59 Å². The zero-order valence-electron chi connectivity index (χ0n) is 15.2. The number of thioether (sulfide) groups is 1. The predicted molar refractivity (Wildman–Crippen MR) is 104 cm³/mol. The van der Waals surface area contributed by atoms with Crippen LogP contribution in [0.25, 0.3) is 0 Å². The zero-order valence-corrected chi connectivity index (χ0v) is 16.0. The lowest BCUT2D eigenvalue weighted by Crippen LogP contribution is -2.29. The summed E-state index contributed by atoms with van der Waals surface area (Å²) in [4.78, 5) is 23.6. The van der Waals surface area contributed by atoms with Crippen LogP contribution in [0.4, 0.5) is 5.69 Å². The van der Waals surface area contributed by atoms with Crippen molar-refractivity contribution in [2.24, 2.45) is 0 Å². The second kappa shape index (κ2) is 9.52. The van der Waals surface area contributed by atoms with Gasteiger partial charge < -0.3 is 15.4 Å². The Bertz CT molecular complexity index is 789. The number of aromatic nitrogens is 3. The van der Waals surface area contributed by atoms with Crippen LogP contribution in [0, 0.1) is 0 Å². The molecule has 0 unspecified atom stereocenters. The van der Waals surface area contributed by atoms with Crippen molar-refractivity contribution in [3.8, 4) is 0 Å². The molecule has 0 aliphatic carbocycles. The van der Waals surface area contributed by atoms with E-state index in [4.69, 9.17) is 0 Å². The minimum Gasteiger partial charge on any atom is -0.468 e. The molecule has 2 heterocycles. The molecule has 1 aliphatic heterocycles. The largest absolute Gasteiger partial charge is 0.468 e. The van der Waals surface area contributed by atoms with Crippen molar-refractivity contribution in [3.05, 3.63) is 41.7 Å². The number of rotatable bonds is 7. The van der Waals surface area contributed by atoms with Crippen LogP contribution in [0.2, 0.25) is 0 Å². The van der Waals surface area contributed by atoms with Crippen molar-refractivity contribution < 1.29 is 14.3 Å². The summed E-state index contributed by atoms with van der Waals surface area (Å²) < 4.78 is 6.41. The van der Waals surface area contributed by atoms with Crippen LogP contribution in [-0.4, -0.2) is 52.8 Å². The SMILES string of the molecule is COC(=O)CSCc1cccc(NC(=O)c2cn(C3CCNCC3)nn2)c1. The lowest BCUT2D eigenvalue weighted by atomic mass is 10.1. The fourth-order valence-electron chi connectivity index (χ4n) is 2.88. The third kappa shape index (κ3) is 5.54. The normalized spacial score (nSPS) is 14.7. The summed E-state index contributed by atoms with van der Waals surface area (Å²) in [6.07, 6.45) is 3.67. The van der Waals surface area contributed by atoms with Gasteiger partial charge in [-0.15, -0.1) is 16.9 Å². The molecule has 2 N–H and O–H groups in total. The third-order valence-corrected chi connectivity index (χ3v) is 5.30. The van der Waals surface area contributed by atoms with E-state index in [1.165, 1.54) is 18.9 Å². The molecule has 1 fully saturated rings.